The molecule has 124 valence electrons. The van der Waals surface area contributed by atoms with Crippen molar-refractivity contribution in [1.29, 1.82) is 0 Å². The molecule has 0 saturated heterocycles. The molecule has 0 spiro atoms. The fourth-order valence-corrected chi connectivity index (χ4v) is 3.44. The van der Waals surface area contributed by atoms with Crippen LogP contribution in [0.25, 0.3) is 10.8 Å². The summed E-state index contributed by atoms with van der Waals surface area (Å²) in [4.78, 5) is 14.4. The molecular weight excluding hydrogens is 318 g/mol. The Morgan fingerprint density at radius 2 is 1.31 bits per heavy atom. The lowest BCUT2D eigenvalue weighted by Crippen LogP contribution is -2.03. The SMILES string of the molecule is O=C=Nc1cccc(C(c2ccccc2)c2ccc3ccccc3c2)c1. The summed E-state index contributed by atoms with van der Waals surface area (Å²) in [6.07, 6.45) is 1.63. The minimum atomic E-state index is 0.0719. The molecule has 0 fully saturated rings. The summed E-state index contributed by atoms with van der Waals surface area (Å²) in [7, 11) is 0. The maximum atomic E-state index is 10.7. The van der Waals surface area contributed by atoms with Crippen molar-refractivity contribution >= 4 is 22.5 Å². The normalized spacial score (nSPS) is 11.7. The van der Waals surface area contributed by atoms with Gasteiger partial charge < -0.3 is 0 Å². The van der Waals surface area contributed by atoms with Gasteiger partial charge in [0.25, 0.3) is 0 Å². The molecule has 0 aliphatic rings. The van der Waals surface area contributed by atoms with Crippen molar-refractivity contribution in [2.75, 3.05) is 0 Å². The molecule has 0 N–H and O–H groups in total. The van der Waals surface area contributed by atoms with E-state index in [1.807, 2.05) is 24.3 Å². The van der Waals surface area contributed by atoms with Crippen molar-refractivity contribution in [1.82, 2.24) is 0 Å². The van der Waals surface area contributed by atoms with Gasteiger partial charge in [0, 0.05) is 5.92 Å². The number of isocyanates is 1. The highest BCUT2D eigenvalue weighted by Crippen LogP contribution is 2.34. The van der Waals surface area contributed by atoms with Crippen molar-refractivity contribution in [3.8, 4) is 0 Å². The predicted octanol–water partition coefficient (Wildman–Crippen LogP) is 5.99. The number of carbonyl (C=O) groups excluding carboxylic acids is 1. The Kier molecular flexibility index (Phi) is 4.42. The van der Waals surface area contributed by atoms with Crippen LogP contribution in [0, 0.1) is 0 Å². The summed E-state index contributed by atoms with van der Waals surface area (Å²) in [5.74, 6) is 0.0719. The maximum Gasteiger partial charge on any atom is 0.240 e. The maximum absolute atomic E-state index is 10.7. The van der Waals surface area contributed by atoms with Crippen LogP contribution in [0.15, 0.2) is 102 Å². The van der Waals surface area contributed by atoms with Crippen LogP contribution in [0.3, 0.4) is 0 Å². The lowest BCUT2D eigenvalue weighted by Gasteiger charge is -2.19. The molecule has 4 aromatic carbocycles. The zero-order valence-electron chi connectivity index (χ0n) is 14.2. The van der Waals surface area contributed by atoms with Crippen LogP contribution < -0.4 is 0 Å². The highest BCUT2D eigenvalue weighted by atomic mass is 16.1. The van der Waals surface area contributed by atoms with Gasteiger partial charge in [-0.3, -0.25) is 0 Å². The molecule has 26 heavy (non-hydrogen) atoms. The Morgan fingerprint density at radius 3 is 2.12 bits per heavy atom. The van der Waals surface area contributed by atoms with Crippen LogP contribution in [-0.4, -0.2) is 6.08 Å². The van der Waals surface area contributed by atoms with Crippen LogP contribution in [0.1, 0.15) is 22.6 Å². The molecule has 0 aromatic heterocycles. The van der Waals surface area contributed by atoms with Gasteiger partial charge in [0.05, 0.1) is 5.69 Å². The van der Waals surface area contributed by atoms with E-state index in [0.717, 1.165) is 5.56 Å². The van der Waals surface area contributed by atoms with E-state index in [4.69, 9.17) is 0 Å². The van der Waals surface area contributed by atoms with Gasteiger partial charge in [-0.1, -0.05) is 84.9 Å². The lowest BCUT2D eigenvalue weighted by molar-refractivity contribution is 0.565. The van der Waals surface area contributed by atoms with Crippen molar-refractivity contribution in [3.05, 3.63) is 114 Å². The molecular formula is C24H17NO. The Morgan fingerprint density at radius 1 is 0.615 bits per heavy atom. The first-order chi connectivity index (χ1) is 12.8. The van der Waals surface area contributed by atoms with E-state index in [1.54, 1.807) is 6.08 Å². The summed E-state index contributed by atoms with van der Waals surface area (Å²) < 4.78 is 0. The molecule has 0 amide bonds. The smallest absolute Gasteiger partial charge is 0.211 e. The predicted molar refractivity (Wildman–Crippen MR) is 106 cm³/mol. The van der Waals surface area contributed by atoms with Gasteiger partial charge in [-0.15, -0.1) is 0 Å². The van der Waals surface area contributed by atoms with Gasteiger partial charge in [0.1, 0.15) is 0 Å². The van der Waals surface area contributed by atoms with Gasteiger partial charge in [-0.05, 0) is 39.6 Å². The minimum absolute atomic E-state index is 0.0719. The molecule has 0 aliphatic heterocycles. The zero-order chi connectivity index (χ0) is 17.8. The number of rotatable bonds is 4. The number of benzene rings is 4. The highest BCUT2D eigenvalue weighted by molar-refractivity contribution is 5.83. The van der Waals surface area contributed by atoms with E-state index in [0.29, 0.717) is 5.69 Å². The van der Waals surface area contributed by atoms with E-state index in [2.05, 4.69) is 77.8 Å². The van der Waals surface area contributed by atoms with E-state index in [1.165, 1.54) is 21.9 Å². The molecule has 4 aromatic rings. The first-order valence-corrected chi connectivity index (χ1v) is 8.56. The summed E-state index contributed by atoms with van der Waals surface area (Å²) in [6.45, 7) is 0. The Hall–Kier alpha value is -3.48. The quantitative estimate of drug-likeness (QED) is 0.256. The zero-order valence-corrected chi connectivity index (χ0v) is 14.2. The number of hydrogen-bond donors (Lipinski definition) is 0. The van der Waals surface area contributed by atoms with E-state index < -0.39 is 0 Å². The Balaban J connectivity index is 1.90. The summed E-state index contributed by atoms with van der Waals surface area (Å²) in [6, 6.07) is 33.1. The van der Waals surface area contributed by atoms with Crippen molar-refractivity contribution in [3.63, 3.8) is 0 Å². The second-order valence-electron chi connectivity index (χ2n) is 6.25. The average Bonchev–Trinajstić information content (AvgIpc) is 2.70. The van der Waals surface area contributed by atoms with Crippen LogP contribution >= 0.6 is 0 Å². The molecule has 0 bridgehead atoms. The van der Waals surface area contributed by atoms with Crippen LogP contribution in [0.5, 0.6) is 0 Å². The molecule has 1 unspecified atom stereocenters. The summed E-state index contributed by atoms with van der Waals surface area (Å²) >= 11 is 0. The van der Waals surface area contributed by atoms with Gasteiger partial charge in [0.15, 0.2) is 0 Å². The van der Waals surface area contributed by atoms with Crippen LogP contribution in [0.4, 0.5) is 5.69 Å². The fourth-order valence-electron chi connectivity index (χ4n) is 3.44. The first-order valence-electron chi connectivity index (χ1n) is 8.56. The van der Waals surface area contributed by atoms with E-state index in [9.17, 15) is 4.79 Å². The Labute approximate surface area is 152 Å². The van der Waals surface area contributed by atoms with E-state index >= 15 is 0 Å². The lowest BCUT2D eigenvalue weighted by atomic mass is 9.84. The molecule has 0 saturated carbocycles. The second kappa shape index (κ2) is 7.18. The number of nitrogens with zero attached hydrogens (tertiary/aromatic N) is 1. The van der Waals surface area contributed by atoms with Gasteiger partial charge in [-0.25, -0.2) is 4.79 Å². The number of fused-ring (bicyclic) bond motifs is 1. The highest BCUT2D eigenvalue weighted by Gasteiger charge is 2.17. The third-order valence-corrected chi connectivity index (χ3v) is 4.62. The second-order valence-corrected chi connectivity index (χ2v) is 6.25. The summed E-state index contributed by atoms with van der Waals surface area (Å²) in [5.41, 5.74) is 4.14. The summed E-state index contributed by atoms with van der Waals surface area (Å²) in [5, 5.41) is 2.44. The molecule has 0 radical (unpaired) electrons. The number of hydrogen-bond acceptors (Lipinski definition) is 2. The molecule has 1 atom stereocenters. The first kappa shape index (κ1) is 16.0. The fraction of sp³-hybridized carbons (Fsp3) is 0.0417. The molecule has 0 heterocycles. The van der Waals surface area contributed by atoms with Gasteiger partial charge in [0.2, 0.25) is 6.08 Å². The molecule has 2 heteroatoms. The number of aliphatic imine (C=N–C) groups is 1. The minimum Gasteiger partial charge on any atom is -0.211 e. The average molecular weight is 335 g/mol. The topological polar surface area (TPSA) is 29.4 Å². The van der Waals surface area contributed by atoms with Crippen molar-refractivity contribution in [2.45, 2.75) is 5.92 Å². The standard InChI is InChI=1S/C24H17NO/c26-17-25-23-12-6-11-21(16-23)24(19-8-2-1-3-9-19)22-14-13-18-7-4-5-10-20(18)15-22/h1-16,24H. The van der Waals surface area contributed by atoms with Gasteiger partial charge >= 0.3 is 0 Å². The molecule has 0 aliphatic carbocycles. The van der Waals surface area contributed by atoms with Crippen molar-refractivity contribution < 1.29 is 4.79 Å². The van der Waals surface area contributed by atoms with Crippen LogP contribution in [-0.2, 0) is 4.79 Å². The third kappa shape index (κ3) is 3.19. The van der Waals surface area contributed by atoms with Crippen molar-refractivity contribution in [2.24, 2.45) is 4.99 Å². The molecule has 2 nitrogen and oxygen atoms in total. The van der Waals surface area contributed by atoms with E-state index in [-0.39, 0.29) is 5.92 Å². The van der Waals surface area contributed by atoms with Gasteiger partial charge in [-0.2, -0.15) is 4.99 Å². The van der Waals surface area contributed by atoms with Crippen LogP contribution in [0.2, 0.25) is 0 Å². The Bertz CT molecular complexity index is 1100. The monoisotopic (exact) mass is 335 g/mol. The molecule has 4 rings (SSSR count). The third-order valence-electron chi connectivity index (χ3n) is 4.62. The largest absolute Gasteiger partial charge is 0.240 e.